The number of nitrogens with zero attached hydrogens (tertiary/aromatic N) is 3. The topological polar surface area (TPSA) is 78.3 Å². The number of fused-ring (bicyclic) bond motifs is 1. The molecule has 1 aliphatic rings. The van der Waals surface area contributed by atoms with Crippen molar-refractivity contribution in [1.82, 2.24) is 20.3 Å². The molecule has 0 aliphatic carbocycles. The van der Waals surface area contributed by atoms with E-state index in [0.29, 0.717) is 26.1 Å². The van der Waals surface area contributed by atoms with Crippen LogP contribution in [0.1, 0.15) is 11.3 Å². The van der Waals surface area contributed by atoms with Crippen LogP contribution in [0.25, 0.3) is 0 Å². The van der Waals surface area contributed by atoms with Gasteiger partial charge in [0.1, 0.15) is 5.75 Å². The molecule has 0 fully saturated rings. The molecule has 0 radical (unpaired) electrons. The van der Waals surface area contributed by atoms with Gasteiger partial charge in [-0.15, -0.1) is 5.10 Å². The minimum atomic E-state index is -0.0750. The number of rotatable bonds is 5. The molecule has 2 aromatic rings. The number of aromatic nitrogens is 3. The van der Waals surface area contributed by atoms with Crippen molar-refractivity contribution < 1.29 is 14.3 Å². The molecule has 0 bridgehead atoms. The number of carbonyl (C=O) groups is 1. The maximum absolute atomic E-state index is 12.0. The Labute approximate surface area is 128 Å². The second-order valence-electron chi connectivity index (χ2n) is 5.17. The van der Waals surface area contributed by atoms with E-state index >= 15 is 0 Å². The average molecular weight is 302 g/mol. The number of amides is 1. The van der Waals surface area contributed by atoms with Crippen LogP contribution >= 0.6 is 0 Å². The predicted octanol–water partition coefficient (Wildman–Crippen LogP) is 0.544. The van der Waals surface area contributed by atoms with Gasteiger partial charge in [-0.3, -0.25) is 4.79 Å². The molecule has 1 N–H and O–H groups in total. The lowest BCUT2D eigenvalue weighted by Gasteiger charge is -2.23. The largest absolute Gasteiger partial charge is 0.497 e. The highest BCUT2D eigenvalue weighted by Crippen LogP contribution is 2.12. The molecule has 1 aromatic carbocycles. The zero-order chi connectivity index (χ0) is 15.4. The number of benzene rings is 1. The number of methoxy groups -OCH3 is 1. The zero-order valence-corrected chi connectivity index (χ0v) is 12.4. The number of ether oxygens (including phenoxy) is 2. The zero-order valence-electron chi connectivity index (χ0n) is 12.4. The molecule has 116 valence electrons. The van der Waals surface area contributed by atoms with E-state index in [1.54, 1.807) is 13.3 Å². The molecule has 0 saturated carbocycles. The van der Waals surface area contributed by atoms with Crippen LogP contribution in [-0.4, -0.2) is 40.7 Å². The number of hydrogen-bond acceptors (Lipinski definition) is 5. The lowest BCUT2D eigenvalue weighted by molar-refractivity contribution is -0.121. The van der Waals surface area contributed by atoms with E-state index in [2.05, 4.69) is 15.6 Å². The van der Waals surface area contributed by atoms with Crippen LogP contribution in [0.15, 0.2) is 30.5 Å². The molecule has 0 saturated heterocycles. The molecule has 3 rings (SSSR count). The standard InChI is InChI=1S/C15H18N4O3/c1-21-13-4-2-11(3-5-13)6-15(20)16-8-14-9-19-12(10-22-14)7-17-18-19/h2-5,7,14H,6,8-10H2,1H3,(H,16,20)/t14-/m1/s1. The third-order valence-electron chi connectivity index (χ3n) is 3.59. The summed E-state index contributed by atoms with van der Waals surface area (Å²) in [6.45, 7) is 1.55. The van der Waals surface area contributed by atoms with Crippen LogP contribution < -0.4 is 10.1 Å². The second-order valence-corrected chi connectivity index (χ2v) is 5.17. The first-order valence-electron chi connectivity index (χ1n) is 7.13. The van der Waals surface area contributed by atoms with Crippen LogP contribution in [0.4, 0.5) is 0 Å². The van der Waals surface area contributed by atoms with Crippen molar-refractivity contribution in [3.8, 4) is 5.75 Å². The summed E-state index contributed by atoms with van der Waals surface area (Å²) in [4.78, 5) is 12.0. The normalized spacial score (nSPS) is 16.9. The lowest BCUT2D eigenvalue weighted by atomic mass is 10.1. The quantitative estimate of drug-likeness (QED) is 0.872. The summed E-state index contributed by atoms with van der Waals surface area (Å²) >= 11 is 0. The van der Waals surface area contributed by atoms with Gasteiger partial charge in [-0.2, -0.15) is 0 Å². The fourth-order valence-electron chi connectivity index (χ4n) is 2.34. The van der Waals surface area contributed by atoms with Crippen molar-refractivity contribution in [1.29, 1.82) is 0 Å². The maximum Gasteiger partial charge on any atom is 0.224 e. The molecule has 1 atom stereocenters. The van der Waals surface area contributed by atoms with Crippen molar-refractivity contribution in [3.05, 3.63) is 41.7 Å². The van der Waals surface area contributed by atoms with Gasteiger partial charge in [0.05, 0.1) is 44.7 Å². The summed E-state index contributed by atoms with van der Waals surface area (Å²) in [5, 5.41) is 10.7. The van der Waals surface area contributed by atoms with Crippen LogP contribution in [0.3, 0.4) is 0 Å². The molecule has 7 nitrogen and oxygen atoms in total. The smallest absolute Gasteiger partial charge is 0.224 e. The van der Waals surface area contributed by atoms with E-state index in [1.165, 1.54) is 0 Å². The van der Waals surface area contributed by atoms with Crippen molar-refractivity contribution in [2.24, 2.45) is 0 Å². The third kappa shape index (κ3) is 3.43. The van der Waals surface area contributed by atoms with Gasteiger partial charge >= 0.3 is 0 Å². The van der Waals surface area contributed by atoms with Gasteiger partial charge in [0.15, 0.2) is 0 Å². The number of carbonyl (C=O) groups excluding carboxylic acids is 1. The van der Waals surface area contributed by atoms with Crippen molar-refractivity contribution in [2.75, 3.05) is 13.7 Å². The first kappa shape index (κ1) is 14.5. The van der Waals surface area contributed by atoms with Crippen LogP contribution in [0, 0.1) is 0 Å². The molecular formula is C15H18N4O3. The highest BCUT2D eigenvalue weighted by molar-refractivity contribution is 5.78. The molecule has 22 heavy (non-hydrogen) atoms. The Kier molecular flexibility index (Phi) is 4.34. The highest BCUT2D eigenvalue weighted by atomic mass is 16.5. The summed E-state index contributed by atoms with van der Waals surface area (Å²) in [7, 11) is 1.62. The summed E-state index contributed by atoms with van der Waals surface area (Å²) in [5.41, 5.74) is 1.90. The Morgan fingerprint density at radius 1 is 1.45 bits per heavy atom. The maximum atomic E-state index is 12.0. The fourth-order valence-corrected chi connectivity index (χ4v) is 2.34. The Morgan fingerprint density at radius 2 is 2.27 bits per heavy atom. The van der Waals surface area contributed by atoms with Gasteiger partial charge < -0.3 is 14.8 Å². The van der Waals surface area contributed by atoms with Crippen molar-refractivity contribution >= 4 is 5.91 Å². The lowest BCUT2D eigenvalue weighted by Crippen LogP contribution is -2.39. The van der Waals surface area contributed by atoms with Crippen LogP contribution in [-0.2, 0) is 29.1 Å². The second kappa shape index (κ2) is 6.57. The Balaban J connectivity index is 1.46. The molecule has 0 unspecified atom stereocenters. The third-order valence-corrected chi connectivity index (χ3v) is 3.59. The SMILES string of the molecule is COc1ccc(CC(=O)NC[C@@H]2Cn3nncc3CO2)cc1. The monoisotopic (exact) mass is 302 g/mol. The average Bonchev–Trinajstić information content (AvgIpc) is 3.01. The highest BCUT2D eigenvalue weighted by Gasteiger charge is 2.20. The molecule has 1 aliphatic heterocycles. The van der Waals surface area contributed by atoms with Gasteiger partial charge in [0, 0.05) is 6.54 Å². The summed E-state index contributed by atoms with van der Waals surface area (Å²) in [6.07, 6.45) is 1.96. The van der Waals surface area contributed by atoms with Gasteiger partial charge in [-0.25, -0.2) is 4.68 Å². The van der Waals surface area contributed by atoms with E-state index in [1.807, 2.05) is 28.9 Å². The molecule has 1 amide bonds. The number of hydrogen-bond donors (Lipinski definition) is 1. The van der Waals surface area contributed by atoms with E-state index < -0.39 is 0 Å². The summed E-state index contributed by atoms with van der Waals surface area (Å²) in [5.74, 6) is 0.751. The van der Waals surface area contributed by atoms with Gasteiger partial charge in [0.2, 0.25) is 5.91 Å². The first-order chi connectivity index (χ1) is 10.7. The predicted molar refractivity (Wildman–Crippen MR) is 78.3 cm³/mol. The van der Waals surface area contributed by atoms with Gasteiger partial charge in [-0.05, 0) is 17.7 Å². The van der Waals surface area contributed by atoms with Crippen LogP contribution in [0.2, 0.25) is 0 Å². The molecular weight excluding hydrogens is 284 g/mol. The van der Waals surface area contributed by atoms with Gasteiger partial charge in [-0.1, -0.05) is 17.3 Å². The van der Waals surface area contributed by atoms with Crippen LogP contribution in [0.5, 0.6) is 5.75 Å². The molecule has 2 heterocycles. The fraction of sp³-hybridized carbons (Fsp3) is 0.400. The van der Waals surface area contributed by atoms with E-state index in [9.17, 15) is 4.79 Å². The van der Waals surface area contributed by atoms with E-state index in [4.69, 9.17) is 9.47 Å². The Morgan fingerprint density at radius 3 is 3.05 bits per heavy atom. The minimum Gasteiger partial charge on any atom is -0.497 e. The molecule has 0 spiro atoms. The summed E-state index contributed by atoms with van der Waals surface area (Å²) in [6, 6.07) is 7.46. The van der Waals surface area contributed by atoms with Crippen molar-refractivity contribution in [3.63, 3.8) is 0 Å². The first-order valence-corrected chi connectivity index (χ1v) is 7.13. The number of nitrogens with one attached hydrogen (secondary N) is 1. The molecule has 7 heteroatoms. The Hall–Kier alpha value is -2.41. The van der Waals surface area contributed by atoms with Crippen molar-refractivity contribution in [2.45, 2.75) is 25.7 Å². The molecule has 1 aromatic heterocycles. The summed E-state index contributed by atoms with van der Waals surface area (Å²) < 4.78 is 12.6. The van der Waals surface area contributed by atoms with Gasteiger partial charge in [0.25, 0.3) is 0 Å². The Bertz CT molecular complexity index is 638. The van der Waals surface area contributed by atoms with E-state index in [0.717, 1.165) is 17.0 Å². The van der Waals surface area contributed by atoms with E-state index in [-0.39, 0.29) is 12.0 Å². The minimum absolute atomic E-state index is 0.0295.